The molecule has 0 aliphatic heterocycles. The van der Waals surface area contributed by atoms with Crippen LogP contribution in [0.2, 0.25) is 0 Å². The maximum atomic E-state index is 14.1. The second-order valence-corrected chi connectivity index (χ2v) is 8.23. The van der Waals surface area contributed by atoms with Crippen molar-refractivity contribution in [3.8, 4) is 11.4 Å². The van der Waals surface area contributed by atoms with Gasteiger partial charge < -0.3 is 5.32 Å². The van der Waals surface area contributed by atoms with Crippen molar-refractivity contribution in [3.05, 3.63) is 95.3 Å². The number of aromatic amines is 1. The van der Waals surface area contributed by atoms with Crippen molar-refractivity contribution in [2.75, 3.05) is 5.32 Å². The fraction of sp³-hybridized carbons (Fsp3) is 0.125. The number of nitrogens with one attached hydrogen (secondary N) is 2. The van der Waals surface area contributed by atoms with Crippen LogP contribution >= 0.6 is 11.8 Å². The van der Waals surface area contributed by atoms with Crippen LogP contribution in [0.25, 0.3) is 11.4 Å². The second-order valence-electron chi connectivity index (χ2n) is 7.16. The summed E-state index contributed by atoms with van der Waals surface area (Å²) in [5.74, 6) is -0.244. The number of hydrogen-bond donors (Lipinski definition) is 2. The van der Waals surface area contributed by atoms with E-state index in [-0.39, 0.29) is 11.7 Å². The van der Waals surface area contributed by atoms with Crippen molar-refractivity contribution < 1.29 is 9.18 Å². The van der Waals surface area contributed by atoms with Crippen LogP contribution in [0.15, 0.2) is 78.0 Å². The van der Waals surface area contributed by atoms with E-state index in [1.807, 2.05) is 62.4 Å². The van der Waals surface area contributed by atoms with Crippen LogP contribution in [0.1, 0.15) is 21.9 Å². The predicted molar refractivity (Wildman–Crippen MR) is 121 cm³/mol. The monoisotopic (exact) mass is 432 g/mol. The van der Waals surface area contributed by atoms with E-state index in [0.29, 0.717) is 16.5 Å². The van der Waals surface area contributed by atoms with Gasteiger partial charge in [0.15, 0.2) is 5.82 Å². The molecule has 5 nitrogen and oxygen atoms in total. The summed E-state index contributed by atoms with van der Waals surface area (Å²) in [5.41, 5.74) is 3.97. The van der Waals surface area contributed by atoms with Gasteiger partial charge in [0, 0.05) is 5.69 Å². The number of aryl methyl sites for hydroxylation is 2. The summed E-state index contributed by atoms with van der Waals surface area (Å²) in [5, 5.41) is 9.79. The van der Waals surface area contributed by atoms with Gasteiger partial charge in [-0.05, 0) is 48.7 Å². The van der Waals surface area contributed by atoms with Gasteiger partial charge in [-0.3, -0.25) is 9.89 Å². The average Bonchev–Trinajstić information content (AvgIpc) is 3.24. The molecule has 156 valence electrons. The minimum atomic E-state index is -0.578. The molecule has 0 saturated heterocycles. The SMILES string of the molecule is Cc1ccc(C)c(NC(=O)C(Sc2n[nH]c(-c3ccccc3F)n2)c2ccccc2)c1. The lowest BCUT2D eigenvalue weighted by atomic mass is 10.1. The van der Waals surface area contributed by atoms with Gasteiger partial charge >= 0.3 is 0 Å². The Morgan fingerprint density at radius 1 is 1.03 bits per heavy atom. The molecule has 0 aliphatic rings. The smallest absolute Gasteiger partial charge is 0.242 e. The summed E-state index contributed by atoms with van der Waals surface area (Å²) in [7, 11) is 0. The van der Waals surface area contributed by atoms with Gasteiger partial charge in [-0.15, -0.1) is 5.10 Å². The highest BCUT2D eigenvalue weighted by atomic mass is 32.2. The van der Waals surface area contributed by atoms with E-state index in [9.17, 15) is 9.18 Å². The summed E-state index contributed by atoms with van der Waals surface area (Å²) in [6, 6.07) is 21.7. The largest absolute Gasteiger partial charge is 0.325 e. The quantitative estimate of drug-likeness (QED) is 0.384. The summed E-state index contributed by atoms with van der Waals surface area (Å²) < 4.78 is 14.1. The highest BCUT2D eigenvalue weighted by Gasteiger charge is 2.25. The Morgan fingerprint density at radius 2 is 1.77 bits per heavy atom. The number of hydrogen-bond acceptors (Lipinski definition) is 4. The molecule has 2 N–H and O–H groups in total. The van der Waals surface area contributed by atoms with Gasteiger partial charge in [0.25, 0.3) is 0 Å². The van der Waals surface area contributed by atoms with Crippen LogP contribution in [-0.4, -0.2) is 21.1 Å². The van der Waals surface area contributed by atoms with E-state index in [0.717, 1.165) is 22.4 Å². The zero-order valence-corrected chi connectivity index (χ0v) is 17.9. The minimum absolute atomic E-state index is 0.179. The van der Waals surface area contributed by atoms with E-state index in [4.69, 9.17) is 0 Å². The van der Waals surface area contributed by atoms with Crippen LogP contribution in [0.3, 0.4) is 0 Å². The Labute approximate surface area is 184 Å². The molecule has 1 amide bonds. The molecule has 31 heavy (non-hydrogen) atoms. The van der Waals surface area contributed by atoms with Gasteiger partial charge in [-0.1, -0.05) is 66.4 Å². The van der Waals surface area contributed by atoms with Crippen LogP contribution in [-0.2, 0) is 4.79 Å². The Kier molecular flexibility index (Phi) is 6.13. The molecule has 1 atom stereocenters. The molecule has 0 bridgehead atoms. The zero-order chi connectivity index (χ0) is 21.8. The van der Waals surface area contributed by atoms with Crippen molar-refractivity contribution in [2.24, 2.45) is 0 Å². The lowest BCUT2D eigenvalue weighted by molar-refractivity contribution is -0.115. The number of thioether (sulfide) groups is 1. The maximum Gasteiger partial charge on any atom is 0.242 e. The molecule has 1 unspecified atom stereocenters. The van der Waals surface area contributed by atoms with Crippen molar-refractivity contribution in [1.82, 2.24) is 15.2 Å². The highest BCUT2D eigenvalue weighted by molar-refractivity contribution is 8.00. The maximum absolute atomic E-state index is 14.1. The fourth-order valence-corrected chi connectivity index (χ4v) is 4.06. The number of halogens is 1. The average molecular weight is 433 g/mol. The van der Waals surface area contributed by atoms with Gasteiger partial charge in [0.2, 0.25) is 11.1 Å². The van der Waals surface area contributed by atoms with E-state index < -0.39 is 5.25 Å². The lowest BCUT2D eigenvalue weighted by Gasteiger charge is -2.17. The Morgan fingerprint density at radius 3 is 2.55 bits per heavy atom. The molecule has 4 rings (SSSR count). The topological polar surface area (TPSA) is 70.7 Å². The Balaban J connectivity index is 1.61. The van der Waals surface area contributed by atoms with Crippen molar-refractivity contribution in [1.29, 1.82) is 0 Å². The summed E-state index contributed by atoms with van der Waals surface area (Å²) in [4.78, 5) is 17.7. The molecule has 1 aromatic heterocycles. The van der Waals surface area contributed by atoms with Crippen LogP contribution in [0.5, 0.6) is 0 Å². The molecule has 7 heteroatoms. The van der Waals surface area contributed by atoms with E-state index >= 15 is 0 Å². The van der Waals surface area contributed by atoms with Crippen molar-refractivity contribution in [2.45, 2.75) is 24.3 Å². The molecule has 4 aromatic rings. The summed E-state index contributed by atoms with van der Waals surface area (Å²) in [6.07, 6.45) is 0. The predicted octanol–water partition coefficient (Wildman–Crippen LogP) is 5.70. The summed E-state index contributed by atoms with van der Waals surface area (Å²) >= 11 is 1.21. The normalized spacial score (nSPS) is 11.8. The lowest BCUT2D eigenvalue weighted by Crippen LogP contribution is -2.19. The number of amides is 1. The standard InChI is InChI=1S/C24H21FN4OS/c1-15-12-13-16(2)20(14-15)26-23(30)21(17-8-4-3-5-9-17)31-24-27-22(28-29-24)18-10-6-7-11-19(18)25/h3-14,21H,1-2H3,(H,26,30)(H,27,28,29). The molecule has 3 aromatic carbocycles. The third kappa shape index (κ3) is 4.83. The van der Waals surface area contributed by atoms with Crippen molar-refractivity contribution >= 4 is 23.4 Å². The first kappa shape index (κ1) is 20.8. The number of H-pyrrole nitrogens is 1. The first-order valence-corrected chi connectivity index (χ1v) is 10.7. The van der Waals surface area contributed by atoms with Crippen LogP contribution < -0.4 is 5.32 Å². The summed E-state index contributed by atoms with van der Waals surface area (Å²) in [6.45, 7) is 3.94. The molecular weight excluding hydrogens is 411 g/mol. The van der Waals surface area contributed by atoms with E-state index in [1.165, 1.54) is 17.8 Å². The molecule has 0 radical (unpaired) electrons. The van der Waals surface area contributed by atoms with Crippen LogP contribution in [0.4, 0.5) is 10.1 Å². The second kappa shape index (κ2) is 9.14. The number of nitrogens with zero attached hydrogens (tertiary/aromatic N) is 2. The van der Waals surface area contributed by atoms with Crippen molar-refractivity contribution in [3.63, 3.8) is 0 Å². The van der Waals surface area contributed by atoms with E-state index in [1.54, 1.807) is 18.2 Å². The first-order chi connectivity index (χ1) is 15.0. The Bertz CT molecular complexity index is 1210. The van der Waals surface area contributed by atoms with Gasteiger partial charge in [0.05, 0.1) is 5.56 Å². The fourth-order valence-electron chi connectivity index (χ4n) is 3.15. The zero-order valence-electron chi connectivity index (χ0n) is 17.1. The molecular formula is C24H21FN4OS. The van der Waals surface area contributed by atoms with Gasteiger partial charge in [0.1, 0.15) is 11.1 Å². The number of aromatic nitrogens is 3. The molecule has 0 fully saturated rings. The van der Waals surface area contributed by atoms with Gasteiger partial charge in [-0.2, -0.15) is 0 Å². The molecule has 1 heterocycles. The number of anilines is 1. The molecule has 0 spiro atoms. The Hall–Kier alpha value is -3.45. The minimum Gasteiger partial charge on any atom is -0.325 e. The third-order valence-corrected chi connectivity index (χ3v) is 5.92. The molecule has 0 saturated carbocycles. The first-order valence-electron chi connectivity index (χ1n) is 9.78. The third-order valence-electron chi connectivity index (χ3n) is 4.81. The highest BCUT2D eigenvalue weighted by Crippen LogP contribution is 2.35. The number of carbonyl (C=O) groups excluding carboxylic acids is 1. The number of benzene rings is 3. The molecule has 0 aliphatic carbocycles. The van der Waals surface area contributed by atoms with Crippen LogP contribution in [0, 0.1) is 19.7 Å². The van der Waals surface area contributed by atoms with E-state index in [2.05, 4.69) is 20.5 Å². The number of rotatable bonds is 6. The number of carbonyl (C=O) groups is 1. The van der Waals surface area contributed by atoms with Gasteiger partial charge in [-0.25, -0.2) is 9.37 Å².